The minimum Gasteiger partial charge on any atom is -0.399 e. The van der Waals surface area contributed by atoms with Crippen LogP contribution in [0.4, 0.5) is 16.2 Å². The van der Waals surface area contributed by atoms with Crippen LogP contribution in [0.1, 0.15) is 6.92 Å². The van der Waals surface area contributed by atoms with Gasteiger partial charge in [0.15, 0.2) is 0 Å². The molecule has 1 atom stereocenters. The molecule has 1 aliphatic rings. The maximum Gasteiger partial charge on any atom is 0.322 e. The summed E-state index contributed by atoms with van der Waals surface area (Å²) < 4.78 is 0. The van der Waals surface area contributed by atoms with Crippen molar-refractivity contribution in [3.8, 4) is 0 Å². The zero-order chi connectivity index (χ0) is 13.1. The zero-order valence-corrected chi connectivity index (χ0v) is 10.1. The summed E-state index contributed by atoms with van der Waals surface area (Å²) in [6.45, 7) is 2.68. The van der Waals surface area contributed by atoms with Gasteiger partial charge in [-0.1, -0.05) is 6.07 Å². The van der Waals surface area contributed by atoms with Gasteiger partial charge in [0, 0.05) is 24.5 Å². The molecular weight excluding hydrogens is 232 g/mol. The van der Waals surface area contributed by atoms with E-state index in [0.717, 1.165) is 0 Å². The monoisotopic (exact) mass is 248 g/mol. The first kappa shape index (κ1) is 12.2. The van der Waals surface area contributed by atoms with Crippen LogP contribution in [0.25, 0.3) is 0 Å². The summed E-state index contributed by atoms with van der Waals surface area (Å²) in [7, 11) is 0. The van der Waals surface area contributed by atoms with E-state index < -0.39 is 6.04 Å². The van der Waals surface area contributed by atoms with Gasteiger partial charge in [0.1, 0.15) is 6.04 Å². The van der Waals surface area contributed by atoms with E-state index in [2.05, 4.69) is 10.6 Å². The first-order valence-corrected chi connectivity index (χ1v) is 5.79. The molecule has 1 heterocycles. The maximum absolute atomic E-state index is 12.0. The Morgan fingerprint density at radius 1 is 1.56 bits per heavy atom. The Morgan fingerprint density at radius 3 is 3.06 bits per heavy atom. The van der Waals surface area contributed by atoms with Gasteiger partial charge in [0.05, 0.1) is 0 Å². The molecule has 3 amide bonds. The zero-order valence-electron chi connectivity index (χ0n) is 10.1. The average molecular weight is 248 g/mol. The average Bonchev–Trinajstić information content (AvgIpc) is 2.32. The molecule has 18 heavy (non-hydrogen) atoms. The lowest BCUT2D eigenvalue weighted by Crippen LogP contribution is -2.56. The lowest BCUT2D eigenvalue weighted by molar-refractivity contribution is -0.126. The van der Waals surface area contributed by atoms with Gasteiger partial charge in [-0.3, -0.25) is 4.79 Å². The van der Waals surface area contributed by atoms with Crippen LogP contribution in [0.5, 0.6) is 0 Å². The van der Waals surface area contributed by atoms with E-state index in [1.807, 2.05) is 0 Å². The first-order valence-electron chi connectivity index (χ1n) is 5.79. The van der Waals surface area contributed by atoms with Crippen molar-refractivity contribution in [2.45, 2.75) is 13.0 Å². The van der Waals surface area contributed by atoms with Crippen LogP contribution >= 0.6 is 0 Å². The Labute approximate surface area is 105 Å². The highest BCUT2D eigenvalue weighted by atomic mass is 16.2. The summed E-state index contributed by atoms with van der Waals surface area (Å²) in [6, 6.07) is 6.18. The molecule has 0 aromatic heterocycles. The fraction of sp³-hybridized carbons (Fsp3) is 0.333. The second kappa shape index (κ2) is 4.95. The third-order valence-corrected chi connectivity index (χ3v) is 2.90. The van der Waals surface area contributed by atoms with Crippen molar-refractivity contribution in [1.82, 2.24) is 10.2 Å². The molecule has 2 rings (SSSR count). The number of nitrogens with zero attached hydrogens (tertiary/aromatic N) is 1. The lowest BCUT2D eigenvalue weighted by Gasteiger charge is -2.32. The summed E-state index contributed by atoms with van der Waals surface area (Å²) in [5, 5.41) is 5.44. The molecule has 0 spiro atoms. The second-order valence-electron chi connectivity index (χ2n) is 4.22. The molecule has 1 aromatic rings. The van der Waals surface area contributed by atoms with Crippen molar-refractivity contribution in [2.24, 2.45) is 0 Å². The summed E-state index contributed by atoms with van der Waals surface area (Å²) in [6.07, 6.45) is 0. The molecule has 0 aliphatic carbocycles. The number of amides is 3. The third-order valence-electron chi connectivity index (χ3n) is 2.90. The number of piperazine rings is 1. The number of benzene rings is 1. The van der Waals surface area contributed by atoms with Crippen LogP contribution in [-0.4, -0.2) is 36.0 Å². The number of urea groups is 1. The number of carbonyl (C=O) groups excluding carboxylic acids is 2. The fourth-order valence-electron chi connectivity index (χ4n) is 1.87. The minimum atomic E-state index is -0.459. The summed E-state index contributed by atoms with van der Waals surface area (Å²) >= 11 is 0. The van der Waals surface area contributed by atoms with Crippen LogP contribution in [0, 0.1) is 0 Å². The van der Waals surface area contributed by atoms with E-state index in [4.69, 9.17) is 5.73 Å². The number of hydrogen-bond acceptors (Lipinski definition) is 3. The maximum atomic E-state index is 12.0. The van der Waals surface area contributed by atoms with Gasteiger partial charge in [0.2, 0.25) is 5.91 Å². The number of rotatable bonds is 1. The number of carbonyl (C=O) groups is 2. The van der Waals surface area contributed by atoms with Gasteiger partial charge in [-0.15, -0.1) is 0 Å². The molecule has 1 aliphatic heterocycles. The van der Waals surface area contributed by atoms with E-state index in [9.17, 15) is 9.59 Å². The Kier molecular flexibility index (Phi) is 3.36. The van der Waals surface area contributed by atoms with Crippen LogP contribution in [0.3, 0.4) is 0 Å². The normalized spacial score (nSPS) is 19.3. The van der Waals surface area contributed by atoms with E-state index >= 15 is 0 Å². The molecule has 6 heteroatoms. The molecule has 1 fully saturated rings. The topological polar surface area (TPSA) is 87.5 Å². The molecule has 1 saturated heterocycles. The van der Waals surface area contributed by atoms with Gasteiger partial charge in [-0.05, 0) is 25.1 Å². The summed E-state index contributed by atoms with van der Waals surface area (Å²) in [5.74, 6) is -0.135. The van der Waals surface area contributed by atoms with Crippen LogP contribution < -0.4 is 16.4 Å². The number of nitrogens with two attached hydrogens (primary N) is 1. The summed E-state index contributed by atoms with van der Waals surface area (Å²) in [5.41, 5.74) is 6.84. The van der Waals surface area contributed by atoms with Crippen molar-refractivity contribution >= 4 is 23.3 Å². The Hall–Kier alpha value is -2.24. The Morgan fingerprint density at radius 2 is 2.33 bits per heavy atom. The minimum absolute atomic E-state index is 0.135. The smallest absolute Gasteiger partial charge is 0.322 e. The number of nitrogen functional groups attached to an aromatic ring is 1. The third kappa shape index (κ3) is 2.53. The fourth-order valence-corrected chi connectivity index (χ4v) is 1.87. The first-order chi connectivity index (χ1) is 8.58. The predicted octanol–water partition coefficient (Wildman–Crippen LogP) is 0.621. The highest BCUT2D eigenvalue weighted by Gasteiger charge is 2.29. The van der Waals surface area contributed by atoms with E-state index in [0.29, 0.717) is 24.5 Å². The second-order valence-corrected chi connectivity index (χ2v) is 4.22. The highest BCUT2D eigenvalue weighted by molar-refractivity contribution is 5.94. The highest BCUT2D eigenvalue weighted by Crippen LogP contribution is 2.14. The Bertz CT molecular complexity index is 475. The van der Waals surface area contributed by atoms with Crippen LogP contribution in [-0.2, 0) is 4.79 Å². The van der Waals surface area contributed by atoms with Crippen molar-refractivity contribution in [1.29, 1.82) is 0 Å². The van der Waals surface area contributed by atoms with E-state index in [1.54, 1.807) is 31.2 Å². The molecule has 0 radical (unpaired) electrons. The predicted molar refractivity (Wildman–Crippen MR) is 69.1 cm³/mol. The van der Waals surface area contributed by atoms with Crippen molar-refractivity contribution in [3.05, 3.63) is 24.3 Å². The lowest BCUT2D eigenvalue weighted by atomic mass is 10.2. The van der Waals surface area contributed by atoms with Gasteiger partial charge < -0.3 is 21.3 Å². The van der Waals surface area contributed by atoms with Gasteiger partial charge in [0.25, 0.3) is 0 Å². The molecule has 6 nitrogen and oxygen atoms in total. The molecule has 0 bridgehead atoms. The Balaban J connectivity index is 2.05. The quantitative estimate of drug-likeness (QED) is 0.637. The summed E-state index contributed by atoms with van der Waals surface area (Å²) in [4.78, 5) is 25.0. The number of anilines is 2. The van der Waals surface area contributed by atoms with Crippen LogP contribution in [0.2, 0.25) is 0 Å². The molecule has 96 valence electrons. The SMILES string of the molecule is CC1C(=O)NCCN1C(=O)Nc1cccc(N)c1. The largest absolute Gasteiger partial charge is 0.399 e. The molecule has 4 N–H and O–H groups in total. The van der Waals surface area contributed by atoms with E-state index in [1.165, 1.54) is 4.90 Å². The van der Waals surface area contributed by atoms with Gasteiger partial charge >= 0.3 is 6.03 Å². The number of nitrogens with one attached hydrogen (secondary N) is 2. The van der Waals surface area contributed by atoms with Gasteiger partial charge in [-0.2, -0.15) is 0 Å². The molecular formula is C12H16N4O2. The van der Waals surface area contributed by atoms with Gasteiger partial charge in [-0.25, -0.2) is 4.79 Å². The molecule has 1 aromatic carbocycles. The number of hydrogen-bond donors (Lipinski definition) is 3. The molecule has 0 saturated carbocycles. The van der Waals surface area contributed by atoms with E-state index in [-0.39, 0.29) is 11.9 Å². The van der Waals surface area contributed by atoms with Crippen LogP contribution in [0.15, 0.2) is 24.3 Å². The molecule has 1 unspecified atom stereocenters. The van der Waals surface area contributed by atoms with Crippen molar-refractivity contribution in [3.63, 3.8) is 0 Å². The van der Waals surface area contributed by atoms with Crippen molar-refractivity contribution < 1.29 is 9.59 Å². The van der Waals surface area contributed by atoms with Crippen molar-refractivity contribution in [2.75, 3.05) is 24.1 Å². The standard InChI is InChI=1S/C12H16N4O2/c1-8-11(17)14-5-6-16(8)12(18)15-10-4-2-3-9(13)7-10/h2-4,7-8H,5-6,13H2,1H3,(H,14,17)(H,15,18).